The van der Waals surface area contributed by atoms with Crippen molar-refractivity contribution in [1.82, 2.24) is 10.3 Å². The Labute approximate surface area is 87.0 Å². The predicted molar refractivity (Wildman–Crippen MR) is 55.7 cm³/mol. The Bertz CT molecular complexity index is 312. The van der Waals surface area contributed by atoms with E-state index in [2.05, 4.69) is 10.3 Å². The van der Waals surface area contributed by atoms with Gasteiger partial charge in [0.1, 0.15) is 6.04 Å². The monoisotopic (exact) mass is 214 g/mol. The van der Waals surface area contributed by atoms with Crippen LogP contribution in [-0.2, 0) is 11.2 Å². The SMILES string of the molecule is Cc1ncsc1CCN[C@H](C)C(=O)O. The van der Waals surface area contributed by atoms with Gasteiger partial charge in [-0.15, -0.1) is 11.3 Å². The largest absolute Gasteiger partial charge is 0.480 e. The summed E-state index contributed by atoms with van der Waals surface area (Å²) < 4.78 is 0. The van der Waals surface area contributed by atoms with E-state index < -0.39 is 12.0 Å². The normalized spacial score (nSPS) is 12.7. The third kappa shape index (κ3) is 3.08. The molecule has 0 aliphatic rings. The first-order valence-electron chi connectivity index (χ1n) is 4.46. The van der Waals surface area contributed by atoms with Crippen LogP contribution in [0.3, 0.4) is 0 Å². The average Bonchev–Trinajstić information content (AvgIpc) is 2.51. The molecule has 5 heteroatoms. The van der Waals surface area contributed by atoms with Crippen molar-refractivity contribution in [1.29, 1.82) is 0 Å². The lowest BCUT2D eigenvalue weighted by Gasteiger charge is -2.07. The van der Waals surface area contributed by atoms with Gasteiger partial charge in [-0.1, -0.05) is 0 Å². The Morgan fingerprint density at radius 3 is 3.00 bits per heavy atom. The predicted octanol–water partition coefficient (Wildman–Crippen LogP) is 1.06. The molecule has 0 unspecified atom stereocenters. The summed E-state index contributed by atoms with van der Waals surface area (Å²) in [5.74, 6) is -0.814. The molecular formula is C9H14N2O2S. The number of aliphatic carboxylic acids is 1. The first-order valence-corrected chi connectivity index (χ1v) is 5.34. The third-order valence-corrected chi connectivity index (χ3v) is 3.01. The molecule has 14 heavy (non-hydrogen) atoms. The van der Waals surface area contributed by atoms with Crippen molar-refractivity contribution in [2.24, 2.45) is 0 Å². The van der Waals surface area contributed by atoms with E-state index in [4.69, 9.17) is 5.11 Å². The van der Waals surface area contributed by atoms with E-state index in [9.17, 15) is 4.79 Å². The molecule has 0 saturated heterocycles. The van der Waals surface area contributed by atoms with Gasteiger partial charge in [0, 0.05) is 11.4 Å². The summed E-state index contributed by atoms with van der Waals surface area (Å²) in [6.07, 6.45) is 0.841. The Hall–Kier alpha value is -0.940. The van der Waals surface area contributed by atoms with Crippen molar-refractivity contribution in [2.75, 3.05) is 6.54 Å². The van der Waals surface area contributed by atoms with Gasteiger partial charge >= 0.3 is 5.97 Å². The molecule has 0 aliphatic carbocycles. The summed E-state index contributed by atoms with van der Waals surface area (Å²) >= 11 is 1.61. The van der Waals surface area contributed by atoms with Gasteiger partial charge < -0.3 is 10.4 Å². The highest BCUT2D eigenvalue weighted by molar-refractivity contribution is 7.09. The summed E-state index contributed by atoms with van der Waals surface area (Å²) in [7, 11) is 0. The second-order valence-corrected chi connectivity index (χ2v) is 4.06. The smallest absolute Gasteiger partial charge is 0.320 e. The molecule has 0 aliphatic heterocycles. The highest BCUT2D eigenvalue weighted by atomic mass is 32.1. The lowest BCUT2D eigenvalue weighted by molar-refractivity contribution is -0.138. The van der Waals surface area contributed by atoms with Crippen LogP contribution in [0.25, 0.3) is 0 Å². The van der Waals surface area contributed by atoms with Gasteiger partial charge in [-0.05, 0) is 20.3 Å². The number of hydrogen-bond donors (Lipinski definition) is 2. The zero-order valence-corrected chi connectivity index (χ0v) is 9.10. The number of aryl methyl sites for hydroxylation is 1. The molecule has 1 atom stereocenters. The third-order valence-electron chi connectivity index (χ3n) is 2.02. The van der Waals surface area contributed by atoms with Crippen LogP contribution in [0.4, 0.5) is 0 Å². The van der Waals surface area contributed by atoms with E-state index in [0.29, 0.717) is 6.54 Å². The van der Waals surface area contributed by atoms with Crippen molar-refractivity contribution in [2.45, 2.75) is 26.3 Å². The van der Waals surface area contributed by atoms with Crippen LogP contribution in [0.15, 0.2) is 5.51 Å². The van der Waals surface area contributed by atoms with Crippen LogP contribution in [0.2, 0.25) is 0 Å². The molecule has 1 aromatic heterocycles. The zero-order chi connectivity index (χ0) is 10.6. The van der Waals surface area contributed by atoms with Crippen LogP contribution in [0.5, 0.6) is 0 Å². The zero-order valence-electron chi connectivity index (χ0n) is 8.28. The summed E-state index contributed by atoms with van der Waals surface area (Å²) in [5.41, 5.74) is 2.85. The van der Waals surface area contributed by atoms with Crippen molar-refractivity contribution < 1.29 is 9.90 Å². The quantitative estimate of drug-likeness (QED) is 0.769. The van der Waals surface area contributed by atoms with Gasteiger partial charge in [-0.2, -0.15) is 0 Å². The Morgan fingerprint density at radius 2 is 2.50 bits per heavy atom. The first-order chi connectivity index (χ1) is 6.61. The Morgan fingerprint density at radius 1 is 1.79 bits per heavy atom. The lowest BCUT2D eigenvalue weighted by atomic mass is 10.3. The summed E-state index contributed by atoms with van der Waals surface area (Å²) in [6.45, 7) is 4.28. The van der Waals surface area contributed by atoms with Gasteiger partial charge in [0.05, 0.1) is 11.2 Å². The molecule has 0 bridgehead atoms. The summed E-state index contributed by atoms with van der Waals surface area (Å²) in [6, 6.07) is -0.483. The lowest BCUT2D eigenvalue weighted by Crippen LogP contribution is -2.34. The molecule has 78 valence electrons. The van der Waals surface area contributed by atoms with E-state index in [-0.39, 0.29) is 0 Å². The number of carbonyl (C=O) groups is 1. The van der Waals surface area contributed by atoms with Crippen LogP contribution in [-0.4, -0.2) is 28.6 Å². The number of nitrogens with one attached hydrogen (secondary N) is 1. The highest BCUT2D eigenvalue weighted by Gasteiger charge is 2.09. The van der Waals surface area contributed by atoms with Crippen molar-refractivity contribution >= 4 is 17.3 Å². The molecule has 1 heterocycles. The van der Waals surface area contributed by atoms with E-state index in [0.717, 1.165) is 12.1 Å². The molecule has 0 fully saturated rings. The number of aromatic nitrogens is 1. The van der Waals surface area contributed by atoms with E-state index in [1.165, 1.54) is 4.88 Å². The fraction of sp³-hybridized carbons (Fsp3) is 0.556. The maximum atomic E-state index is 10.5. The van der Waals surface area contributed by atoms with E-state index in [1.807, 2.05) is 12.4 Å². The highest BCUT2D eigenvalue weighted by Crippen LogP contribution is 2.11. The minimum absolute atomic E-state index is 0.483. The number of nitrogens with zero attached hydrogens (tertiary/aromatic N) is 1. The minimum Gasteiger partial charge on any atom is -0.480 e. The number of hydrogen-bond acceptors (Lipinski definition) is 4. The van der Waals surface area contributed by atoms with E-state index in [1.54, 1.807) is 18.3 Å². The topological polar surface area (TPSA) is 62.2 Å². The molecular weight excluding hydrogens is 200 g/mol. The fourth-order valence-electron chi connectivity index (χ4n) is 1.06. The Kier molecular flexibility index (Phi) is 4.03. The molecule has 1 aromatic rings. The molecule has 1 rings (SSSR count). The Balaban J connectivity index is 2.29. The molecule has 0 radical (unpaired) electrons. The second-order valence-electron chi connectivity index (χ2n) is 3.12. The fourth-order valence-corrected chi connectivity index (χ4v) is 1.84. The van der Waals surface area contributed by atoms with Crippen LogP contribution in [0, 0.1) is 6.92 Å². The number of carboxylic acid groups (broad SMARTS) is 1. The molecule has 4 nitrogen and oxygen atoms in total. The van der Waals surface area contributed by atoms with E-state index >= 15 is 0 Å². The maximum absolute atomic E-state index is 10.5. The summed E-state index contributed by atoms with van der Waals surface area (Å²) in [4.78, 5) is 15.8. The van der Waals surface area contributed by atoms with Gasteiger partial charge in [0.2, 0.25) is 0 Å². The van der Waals surface area contributed by atoms with Crippen molar-refractivity contribution in [3.8, 4) is 0 Å². The molecule has 0 aromatic carbocycles. The standard InChI is InChI=1S/C9H14N2O2S/c1-6-8(14-5-11-6)3-4-10-7(2)9(12)13/h5,7,10H,3-4H2,1-2H3,(H,12,13)/t7-/m1/s1. The molecule has 2 N–H and O–H groups in total. The average molecular weight is 214 g/mol. The second kappa shape index (κ2) is 5.07. The van der Waals surface area contributed by atoms with Gasteiger partial charge in [-0.25, -0.2) is 4.98 Å². The van der Waals surface area contributed by atoms with Gasteiger partial charge in [-0.3, -0.25) is 4.79 Å². The van der Waals surface area contributed by atoms with Crippen LogP contribution >= 0.6 is 11.3 Å². The molecule has 0 amide bonds. The van der Waals surface area contributed by atoms with Crippen molar-refractivity contribution in [3.63, 3.8) is 0 Å². The number of rotatable bonds is 5. The van der Waals surface area contributed by atoms with Gasteiger partial charge in [0.25, 0.3) is 0 Å². The molecule has 0 spiro atoms. The first kappa shape index (κ1) is 11.1. The van der Waals surface area contributed by atoms with Crippen molar-refractivity contribution in [3.05, 3.63) is 16.1 Å². The van der Waals surface area contributed by atoms with Gasteiger partial charge in [0.15, 0.2) is 0 Å². The number of carboxylic acids is 1. The van der Waals surface area contributed by atoms with Crippen LogP contribution < -0.4 is 5.32 Å². The molecule has 0 saturated carbocycles. The van der Waals surface area contributed by atoms with Crippen LogP contribution in [0.1, 0.15) is 17.5 Å². The number of thiazole rings is 1. The minimum atomic E-state index is -0.814. The maximum Gasteiger partial charge on any atom is 0.320 e. The summed E-state index contributed by atoms with van der Waals surface area (Å²) in [5, 5.41) is 11.5.